The summed E-state index contributed by atoms with van der Waals surface area (Å²) in [6, 6.07) is 0.0556. The van der Waals surface area contributed by atoms with E-state index in [-0.39, 0.29) is 29.8 Å². The van der Waals surface area contributed by atoms with Crippen LogP contribution in [-0.4, -0.2) is 42.4 Å². The number of hydrogen-bond donors (Lipinski definition) is 0. The first-order valence-electron chi connectivity index (χ1n) is 8.75. The molecule has 1 rings (SSSR count). The summed E-state index contributed by atoms with van der Waals surface area (Å²) in [5, 5.41) is 0. The van der Waals surface area contributed by atoms with Crippen molar-refractivity contribution in [3.8, 4) is 0 Å². The number of rotatable bonds is 9. The highest BCUT2D eigenvalue weighted by atomic mass is 16.5. The lowest BCUT2D eigenvalue weighted by atomic mass is 9.92. The maximum atomic E-state index is 12.5. The maximum Gasteiger partial charge on any atom is 0.222 e. The maximum absolute atomic E-state index is 12.5. The van der Waals surface area contributed by atoms with Crippen LogP contribution in [0.25, 0.3) is 0 Å². The van der Waals surface area contributed by atoms with Gasteiger partial charge in [-0.1, -0.05) is 33.6 Å². The van der Waals surface area contributed by atoms with E-state index < -0.39 is 0 Å². The van der Waals surface area contributed by atoms with Crippen LogP contribution in [0.2, 0.25) is 0 Å². The number of likely N-dealkylation sites (tertiary alicyclic amines) is 1. The molecule has 1 amide bonds. The number of ketones is 1. The molecule has 0 bridgehead atoms. The average molecular weight is 311 g/mol. The largest absolute Gasteiger partial charge is 0.379 e. The van der Waals surface area contributed by atoms with Crippen LogP contribution in [0.5, 0.6) is 0 Å². The zero-order chi connectivity index (χ0) is 16.7. The van der Waals surface area contributed by atoms with Crippen LogP contribution in [0.4, 0.5) is 0 Å². The Morgan fingerprint density at radius 2 is 2.00 bits per heavy atom. The highest BCUT2D eigenvalue weighted by molar-refractivity contribution is 5.79. The Labute approximate surface area is 135 Å². The van der Waals surface area contributed by atoms with Gasteiger partial charge in [-0.15, -0.1) is 0 Å². The number of Topliss-reactive ketones (excluding diaryl/α,β-unsaturated/α-hetero) is 1. The second-order valence-corrected chi connectivity index (χ2v) is 6.80. The first-order chi connectivity index (χ1) is 10.4. The molecule has 1 aliphatic heterocycles. The van der Waals surface area contributed by atoms with Crippen molar-refractivity contribution in [3.05, 3.63) is 0 Å². The molecule has 128 valence electrons. The van der Waals surface area contributed by atoms with Crippen molar-refractivity contribution in [2.45, 2.75) is 78.4 Å². The van der Waals surface area contributed by atoms with Crippen molar-refractivity contribution in [2.24, 2.45) is 11.8 Å². The van der Waals surface area contributed by atoms with E-state index in [1.165, 1.54) is 6.42 Å². The van der Waals surface area contributed by atoms with Gasteiger partial charge in [0.2, 0.25) is 5.91 Å². The van der Waals surface area contributed by atoms with Crippen molar-refractivity contribution in [3.63, 3.8) is 0 Å². The molecule has 0 saturated carbocycles. The van der Waals surface area contributed by atoms with Gasteiger partial charge in [0.15, 0.2) is 0 Å². The smallest absolute Gasteiger partial charge is 0.222 e. The molecule has 0 aromatic carbocycles. The molecule has 0 N–H and O–H groups in total. The molecular weight excluding hydrogens is 278 g/mol. The normalized spacial score (nSPS) is 22.4. The number of carbonyl (C=O) groups is 2. The molecule has 4 nitrogen and oxygen atoms in total. The number of nitrogens with zero attached hydrogens (tertiary/aromatic N) is 1. The molecule has 0 radical (unpaired) electrons. The van der Waals surface area contributed by atoms with Gasteiger partial charge in [0.05, 0.1) is 12.1 Å². The quantitative estimate of drug-likeness (QED) is 0.655. The molecule has 0 aromatic heterocycles. The molecule has 0 spiro atoms. The zero-order valence-electron chi connectivity index (χ0n) is 14.9. The van der Waals surface area contributed by atoms with Gasteiger partial charge < -0.3 is 9.64 Å². The Morgan fingerprint density at radius 3 is 2.55 bits per heavy atom. The summed E-state index contributed by atoms with van der Waals surface area (Å²) < 4.78 is 5.58. The summed E-state index contributed by atoms with van der Waals surface area (Å²) in [7, 11) is 1.65. The number of hydrogen-bond acceptors (Lipinski definition) is 3. The predicted molar refractivity (Wildman–Crippen MR) is 88.7 cm³/mol. The van der Waals surface area contributed by atoms with Gasteiger partial charge in [-0.3, -0.25) is 9.59 Å². The van der Waals surface area contributed by atoms with E-state index in [1.807, 2.05) is 11.8 Å². The van der Waals surface area contributed by atoms with E-state index >= 15 is 0 Å². The summed E-state index contributed by atoms with van der Waals surface area (Å²) >= 11 is 0. The summed E-state index contributed by atoms with van der Waals surface area (Å²) in [5.74, 6) is 0.877. The van der Waals surface area contributed by atoms with Crippen LogP contribution in [0.1, 0.15) is 66.2 Å². The van der Waals surface area contributed by atoms with Crippen LogP contribution in [0, 0.1) is 11.8 Å². The third kappa shape index (κ3) is 5.08. The number of ether oxygens (including phenoxy) is 1. The molecular formula is C18H33NO3. The minimum Gasteiger partial charge on any atom is -0.379 e. The van der Waals surface area contributed by atoms with Crippen LogP contribution < -0.4 is 0 Å². The zero-order valence-corrected chi connectivity index (χ0v) is 14.9. The van der Waals surface area contributed by atoms with Crippen LogP contribution in [0.3, 0.4) is 0 Å². The van der Waals surface area contributed by atoms with Crippen molar-refractivity contribution in [1.82, 2.24) is 4.90 Å². The average Bonchev–Trinajstić information content (AvgIpc) is 2.96. The van der Waals surface area contributed by atoms with E-state index in [1.54, 1.807) is 14.0 Å². The molecule has 4 heteroatoms. The molecule has 22 heavy (non-hydrogen) atoms. The van der Waals surface area contributed by atoms with Gasteiger partial charge in [0, 0.05) is 26.0 Å². The minimum atomic E-state index is -0.182. The fraction of sp³-hybridized carbons (Fsp3) is 0.889. The van der Waals surface area contributed by atoms with Gasteiger partial charge in [0.1, 0.15) is 5.78 Å². The lowest BCUT2D eigenvalue weighted by molar-refractivity contribution is -0.138. The molecule has 1 saturated heterocycles. The first-order valence-corrected chi connectivity index (χ1v) is 8.75. The Hall–Kier alpha value is -0.900. The van der Waals surface area contributed by atoms with Crippen molar-refractivity contribution in [2.75, 3.05) is 13.7 Å². The monoisotopic (exact) mass is 311 g/mol. The van der Waals surface area contributed by atoms with Gasteiger partial charge >= 0.3 is 0 Å². The van der Waals surface area contributed by atoms with Crippen molar-refractivity contribution in [1.29, 1.82) is 0 Å². The Kier molecular flexibility index (Phi) is 8.08. The van der Waals surface area contributed by atoms with Gasteiger partial charge in [-0.25, -0.2) is 0 Å². The molecule has 1 fully saturated rings. The number of amides is 1. The van der Waals surface area contributed by atoms with Crippen molar-refractivity contribution >= 4 is 11.7 Å². The van der Waals surface area contributed by atoms with Gasteiger partial charge in [-0.2, -0.15) is 0 Å². The summed E-state index contributed by atoms with van der Waals surface area (Å²) in [6.07, 6.45) is 5.61. The summed E-state index contributed by atoms with van der Waals surface area (Å²) in [5.41, 5.74) is 0. The Morgan fingerprint density at radius 1 is 1.32 bits per heavy atom. The highest BCUT2D eigenvalue weighted by Gasteiger charge is 2.38. The fourth-order valence-corrected chi connectivity index (χ4v) is 3.32. The van der Waals surface area contributed by atoms with E-state index in [0.29, 0.717) is 12.3 Å². The van der Waals surface area contributed by atoms with Crippen LogP contribution in [-0.2, 0) is 14.3 Å². The molecule has 1 unspecified atom stereocenters. The molecule has 1 aliphatic rings. The molecule has 4 atom stereocenters. The Bertz CT molecular complexity index is 369. The summed E-state index contributed by atoms with van der Waals surface area (Å²) in [4.78, 5) is 26.2. The second-order valence-electron chi connectivity index (χ2n) is 6.80. The summed E-state index contributed by atoms with van der Waals surface area (Å²) in [6.45, 7) is 8.73. The van der Waals surface area contributed by atoms with E-state index in [2.05, 4.69) is 13.8 Å². The van der Waals surface area contributed by atoms with E-state index in [4.69, 9.17) is 4.74 Å². The minimum absolute atomic E-state index is 0.0556. The number of methoxy groups -OCH3 is 1. The lowest BCUT2D eigenvalue weighted by Crippen LogP contribution is -2.47. The molecule has 0 aliphatic carbocycles. The lowest BCUT2D eigenvalue weighted by Gasteiger charge is -2.33. The van der Waals surface area contributed by atoms with Crippen LogP contribution in [0.15, 0.2) is 0 Å². The number of carbonyl (C=O) groups excluding carboxylic acids is 2. The molecule has 1 heterocycles. The highest BCUT2D eigenvalue weighted by Crippen LogP contribution is 2.27. The van der Waals surface area contributed by atoms with Gasteiger partial charge in [0.25, 0.3) is 0 Å². The first kappa shape index (κ1) is 19.1. The fourth-order valence-electron chi connectivity index (χ4n) is 3.32. The third-order valence-corrected chi connectivity index (χ3v) is 5.19. The van der Waals surface area contributed by atoms with E-state index in [9.17, 15) is 9.59 Å². The SMILES string of the molecule is CC[C@@H](C)CCCC(=O)N1CCC[C@@H]1C(OC)[C@H](C)C(C)=O. The Balaban J connectivity index is 2.60. The van der Waals surface area contributed by atoms with Crippen LogP contribution >= 0.6 is 0 Å². The predicted octanol–water partition coefficient (Wildman–Crippen LogP) is 3.43. The third-order valence-electron chi connectivity index (χ3n) is 5.19. The standard InChI is InChI=1S/C18H33NO3/c1-6-13(2)9-7-11-17(21)19-12-8-10-16(19)18(22-5)14(3)15(4)20/h13-14,16,18H,6-12H2,1-5H3/t13-,14-,16-,18?/m1/s1. The van der Waals surface area contributed by atoms with Gasteiger partial charge in [-0.05, 0) is 32.1 Å². The second kappa shape index (κ2) is 9.29. The molecule has 0 aromatic rings. The topological polar surface area (TPSA) is 46.6 Å². The van der Waals surface area contributed by atoms with Crippen molar-refractivity contribution < 1.29 is 14.3 Å². The van der Waals surface area contributed by atoms with E-state index in [0.717, 1.165) is 32.2 Å².